The van der Waals surface area contributed by atoms with Gasteiger partial charge in [0.2, 0.25) is 5.91 Å². The Kier molecular flexibility index (Phi) is 4.66. The first-order chi connectivity index (χ1) is 11.1. The number of carbonyl (C=O) groups excluding carboxylic acids is 3. The minimum Gasteiger partial charge on any atom is -0.347 e. The first-order valence-electron chi connectivity index (χ1n) is 7.62. The first kappa shape index (κ1) is 16.0. The molecule has 1 aliphatic heterocycles. The SMILES string of the molecule is O=C(N[C@@H]1CCCC[C@H]1N1C(=O)CSC1=O)c1ccccc1F. The van der Waals surface area contributed by atoms with E-state index in [4.69, 9.17) is 0 Å². The average Bonchev–Trinajstić information content (AvgIpc) is 2.87. The summed E-state index contributed by atoms with van der Waals surface area (Å²) in [5.74, 6) is -1.14. The highest BCUT2D eigenvalue weighted by Crippen LogP contribution is 2.30. The fraction of sp³-hybridized carbons (Fsp3) is 0.438. The van der Waals surface area contributed by atoms with Crippen LogP contribution >= 0.6 is 11.8 Å². The normalized spacial score (nSPS) is 24.8. The van der Waals surface area contributed by atoms with Gasteiger partial charge in [0, 0.05) is 0 Å². The summed E-state index contributed by atoms with van der Waals surface area (Å²) in [5.41, 5.74) is -0.0229. The molecule has 0 unspecified atom stereocenters. The third kappa shape index (κ3) is 3.24. The highest BCUT2D eigenvalue weighted by molar-refractivity contribution is 8.14. The van der Waals surface area contributed by atoms with Crippen LogP contribution in [0.2, 0.25) is 0 Å². The van der Waals surface area contributed by atoms with Crippen molar-refractivity contribution < 1.29 is 18.8 Å². The minimum atomic E-state index is -0.582. The molecule has 1 aromatic carbocycles. The Balaban J connectivity index is 1.77. The second kappa shape index (κ2) is 6.70. The van der Waals surface area contributed by atoms with Gasteiger partial charge in [0.1, 0.15) is 5.82 Å². The van der Waals surface area contributed by atoms with Crippen LogP contribution in [-0.2, 0) is 4.79 Å². The Hall–Kier alpha value is -1.89. The number of nitrogens with one attached hydrogen (secondary N) is 1. The molecule has 0 bridgehead atoms. The molecule has 1 saturated heterocycles. The molecule has 2 atom stereocenters. The minimum absolute atomic E-state index is 0.0229. The molecule has 23 heavy (non-hydrogen) atoms. The number of imide groups is 1. The second-order valence-corrected chi connectivity index (χ2v) is 6.66. The third-order valence-corrected chi connectivity index (χ3v) is 5.12. The van der Waals surface area contributed by atoms with Crippen LogP contribution < -0.4 is 5.32 Å². The second-order valence-electron chi connectivity index (χ2n) is 5.73. The molecular weight excluding hydrogens is 319 g/mol. The standard InChI is InChI=1S/C16H17FN2O3S/c17-11-6-2-1-5-10(11)15(21)18-12-7-3-4-8-13(12)19-14(20)9-23-16(19)22/h1-2,5-6,12-13H,3-4,7-9H2,(H,18,21)/t12-,13-/m1/s1. The molecule has 1 aliphatic carbocycles. The van der Waals surface area contributed by atoms with Gasteiger partial charge in [0.15, 0.2) is 0 Å². The predicted octanol–water partition coefficient (Wildman–Crippen LogP) is 2.56. The smallest absolute Gasteiger partial charge is 0.289 e. The Morgan fingerprint density at radius 3 is 2.65 bits per heavy atom. The summed E-state index contributed by atoms with van der Waals surface area (Å²) in [6.07, 6.45) is 3.15. The van der Waals surface area contributed by atoms with Crippen LogP contribution in [0, 0.1) is 5.82 Å². The lowest BCUT2D eigenvalue weighted by Gasteiger charge is -2.36. The van der Waals surface area contributed by atoms with Crippen molar-refractivity contribution in [3.05, 3.63) is 35.6 Å². The molecule has 3 amide bonds. The summed E-state index contributed by atoms with van der Waals surface area (Å²) in [4.78, 5) is 37.5. The fourth-order valence-electron chi connectivity index (χ4n) is 3.16. The van der Waals surface area contributed by atoms with Gasteiger partial charge in [-0.05, 0) is 25.0 Å². The van der Waals surface area contributed by atoms with Crippen LogP contribution in [0.3, 0.4) is 0 Å². The number of benzene rings is 1. The number of amides is 3. The van der Waals surface area contributed by atoms with E-state index in [1.807, 2.05) is 0 Å². The van der Waals surface area contributed by atoms with E-state index in [9.17, 15) is 18.8 Å². The summed E-state index contributed by atoms with van der Waals surface area (Å²) in [6.45, 7) is 0. The van der Waals surface area contributed by atoms with Crippen LogP contribution in [0.15, 0.2) is 24.3 Å². The van der Waals surface area contributed by atoms with Gasteiger partial charge < -0.3 is 5.32 Å². The van der Waals surface area contributed by atoms with Gasteiger partial charge in [0.05, 0.1) is 23.4 Å². The molecule has 3 rings (SSSR count). The van der Waals surface area contributed by atoms with E-state index in [0.29, 0.717) is 12.8 Å². The number of nitrogens with zero attached hydrogens (tertiary/aromatic N) is 1. The molecule has 1 saturated carbocycles. The van der Waals surface area contributed by atoms with Crippen molar-refractivity contribution in [3.63, 3.8) is 0 Å². The lowest BCUT2D eigenvalue weighted by molar-refractivity contribution is -0.127. The molecule has 0 radical (unpaired) electrons. The van der Waals surface area contributed by atoms with Crippen molar-refractivity contribution >= 4 is 28.8 Å². The van der Waals surface area contributed by atoms with Crippen LogP contribution in [0.4, 0.5) is 9.18 Å². The maximum atomic E-state index is 13.7. The number of rotatable bonds is 3. The molecule has 122 valence electrons. The summed E-state index contributed by atoms with van der Waals surface area (Å²) in [6, 6.07) is 5.11. The predicted molar refractivity (Wildman–Crippen MR) is 84.6 cm³/mol. The lowest BCUT2D eigenvalue weighted by atomic mass is 9.89. The lowest BCUT2D eigenvalue weighted by Crippen LogP contribution is -2.54. The molecule has 2 aliphatic rings. The molecule has 1 heterocycles. The van der Waals surface area contributed by atoms with Gasteiger partial charge in [0.25, 0.3) is 11.1 Å². The van der Waals surface area contributed by atoms with Crippen molar-refractivity contribution in [2.75, 3.05) is 5.75 Å². The van der Waals surface area contributed by atoms with Crippen molar-refractivity contribution in [3.8, 4) is 0 Å². The van der Waals surface area contributed by atoms with Gasteiger partial charge in [-0.2, -0.15) is 0 Å². The molecule has 0 aromatic heterocycles. The Morgan fingerprint density at radius 1 is 1.22 bits per heavy atom. The number of hydrogen-bond donors (Lipinski definition) is 1. The summed E-state index contributed by atoms with van der Waals surface area (Å²) in [5, 5.41) is 2.55. The maximum absolute atomic E-state index is 13.7. The van der Waals surface area contributed by atoms with Crippen LogP contribution in [0.25, 0.3) is 0 Å². The first-order valence-corrected chi connectivity index (χ1v) is 8.60. The number of hydrogen-bond acceptors (Lipinski definition) is 4. The number of carbonyl (C=O) groups is 3. The highest BCUT2D eigenvalue weighted by Gasteiger charge is 2.41. The molecule has 0 spiro atoms. The van der Waals surface area contributed by atoms with E-state index >= 15 is 0 Å². The zero-order valence-corrected chi connectivity index (χ0v) is 13.3. The highest BCUT2D eigenvalue weighted by atomic mass is 32.2. The zero-order valence-electron chi connectivity index (χ0n) is 12.5. The Labute approximate surface area is 137 Å². The molecule has 1 aromatic rings. The average molecular weight is 336 g/mol. The van der Waals surface area contributed by atoms with Gasteiger partial charge in [-0.1, -0.05) is 36.7 Å². The summed E-state index contributed by atoms with van der Waals surface area (Å²) < 4.78 is 13.7. The molecule has 2 fully saturated rings. The largest absolute Gasteiger partial charge is 0.347 e. The molecule has 7 heteroatoms. The summed E-state index contributed by atoms with van der Waals surface area (Å²) in [7, 11) is 0. The number of thioether (sulfide) groups is 1. The van der Waals surface area contributed by atoms with E-state index in [2.05, 4.69) is 5.32 Å². The van der Waals surface area contributed by atoms with Gasteiger partial charge in [-0.25, -0.2) is 4.39 Å². The van der Waals surface area contributed by atoms with Crippen LogP contribution in [-0.4, -0.2) is 39.8 Å². The van der Waals surface area contributed by atoms with Gasteiger partial charge in [-0.3, -0.25) is 19.3 Å². The van der Waals surface area contributed by atoms with E-state index in [1.165, 1.54) is 23.1 Å². The van der Waals surface area contributed by atoms with Crippen molar-refractivity contribution in [2.45, 2.75) is 37.8 Å². The quantitative estimate of drug-likeness (QED) is 0.921. The number of halogens is 1. The van der Waals surface area contributed by atoms with Crippen LogP contribution in [0.5, 0.6) is 0 Å². The van der Waals surface area contributed by atoms with Crippen molar-refractivity contribution in [2.24, 2.45) is 0 Å². The van der Waals surface area contributed by atoms with E-state index in [-0.39, 0.29) is 34.5 Å². The third-order valence-electron chi connectivity index (χ3n) is 4.28. The molecule has 1 N–H and O–H groups in total. The van der Waals surface area contributed by atoms with Crippen molar-refractivity contribution in [1.82, 2.24) is 10.2 Å². The van der Waals surface area contributed by atoms with Crippen LogP contribution in [0.1, 0.15) is 36.0 Å². The molecular formula is C16H17FN2O3S. The van der Waals surface area contributed by atoms with E-state index in [0.717, 1.165) is 24.6 Å². The van der Waals surface area contributed by atoms with Gasteiger partial charge in [-0.15, -0.1) is 0 Å². The molecule has 5 nitrogen and oxygen atoms in total. The van der Waals surface area contributed by atoms with Crippen molar-refractivity contribution in [1.29, 1.82) is 0 Å². The Bertz CT molecular complexity index is 636. The topological polar surface area (TPSA) is 66.5 Å². The summed E-state index contributed by atoms with van der Waals surface area (Å²) >= 11 is 0.992. The monoisotopic (exact) mass is 336 g/mol. The van der Waals surface area contributed by atoms with Gasteiger partial charge >= 0.3 is 0 Å². The zero-order chi connectivity index (χ0) is 16.4. The maximum Gasteiger partial charge on any atom is 0.289 e. The van der Waals surface area contributed by atoms with E-state index < -0.39 is 11.7 Å². The fourth-order valence-corrected chi connectivity index (χ4v) is 3.93. The van der Waals surface area contributed by atoms with E-state index in [1.54, 1.807) is 6.07 Å². The Morgan fingerprint density at radius 2 is 1.96 bits per heavy atom.